The van der Waals surface area contributed by atoms with Gasteiger partial charge in [-0.15, -0.1) is 0 Å². The third-order valence-corrected chi connectivity index (χ3v) is 8.37. The van der Waals surface area contributed by atoms with Crippen LogP contribution in [0, 0.1) is 20.8 Å². The molecule has 262 valence electrons. The molecule has 1 aromatic carbocycles. The van der Waals surface area contributed by atoms with E-state index in [1.54, 1.807) is 44.3 Å². The zero-order chi connectivity index (χ0) is 36.6. The minimum absolute atomic E-state index is 0.158. The number of primary amides is 1. The fourth-order valence-corrected chi connectivity index (χ4v) is 5.99. The quantitative estimate of drug-likeness (QED) is 0.124. The number of aromatic nitrogens is 9. The van der Waals surface area contributed by atoms with E-state index in [1.165, 1.54) is 13.1 Å². The maximum atomic E-state index is 13.4. The molecule has 6 rings (SSSR count). The molecule has 5 heterocycles. The Labute approximate surface area is 292 Å². The van der Waals surface area contributed by atoms with E-state index in [4.69, 9.17) is 5.73 Å². The molecule has 3 amide bonds. The van der Waals surface area contributed by atoms with Crippen LogP contribution in [0.1, 0.15) is 79.4 Å². The molecule has 51 heavy (non-hydrogen) atoms. The normalized spacial score (nSPS) is 11.6. The largest absolute Gasteiger partial charge is 0.366 e. The zero-order valence-electron chi connectivity index (χ0n) is 29.2. The third kappa shape index (κ3) is 6.75. The van der Waals surface area contributed by atoms with Crippen LogP contribution in [0.5, 0.6) is 0 Å². The number of nitrogens with two attached hydrogens (primary N) is 1. The Hall–Kier alpha value is -6.45. The van der Waals surface area contributed by atoms with Crippen molar-refractivity contribution in [2.24, 2.45) is 5.73 Å². The highest BCUT2D eigenvalue weighted by molar-refractivity contribution is 6.04. The van der Waals surface area contributed by atoms with Gasteiger partial charge in [-0.05, 0) is 77.4 Å². The summed E-state index contributed by atoms with van der Waals surface area (Å²) in [5, 5.41) is 14.6. The minimum atomic E-state index is -0.587. The van der Waals surface area contributed by atoms with Gasteiger partial charge in [0.15, 0.2) is 11.4 Å². The maximum absolute atomic E-state index is 13.4. The highest BCUT2D eigenvalue weighted by Gasteiger charge is 2.21. The van der Waals surface area contributed by atoms with Crippen LogP contribution in [0.25, 0.3) is 22.2 Å². The van der Waals surface area contributed by atoms with Gasteiger partial charge in [0, 0.05) is 43.5 Å². The predicted octanol–water partition coefficient (Wildman–Crippen LogP) is 4.20. The van der Waals surface area contributed by atoms with Crippen molar-refractivity contribution in [3.63, 3.8) is 0 Å². The molecule has 0 bridgehead atoms. The first kappa shape index (κ1) is 34.4. The van der Waals surface area contributed by atoms with Crippen molar-refractivity contribution in [2.75, 3.05) is 10.6 Å². The molecule has 16 heteroatoms. The van der Waals surface area contributed by atoms with Gasteiger partial charge in [-0.1, -0.05) is 12.2 Å². The zero-order valence-corrected chi connectivity index (χ0v) is 29.2. The van der Waals surface area contributed by atoms with Crippen LogP contribution in [0.4, 0.5) is 11.9 Å². The van der Waals surface area contributed by atoms with Gasteiger partial charge in [0.05, 0.1) is 22.4 Å². The van der Waals surface area contributed by atoms with Crippen molar-refractivity contribution < 1.29 is 19.2 Å². The number of benzene rings is 1. The molecule has 16 nitrogen and oxygen atoms in total. The van der Waals surface area contributed by atoms with Crippen molar-refractivity contribution in [1.29, 1.82) is 0 Å². The van der Waals surface area contributed by atoms with Gasteiger partial charge in [-0.3, -0.25) is 43.7 Å². The number of carbonyl (C=O) groups excluding carboxylic acids is 4. The minimum Gasteiger partial charge on any atom is -0.366 e. The number of fused-ring (bicyclic) bond motifs is 2. The number of carbonyl (C=O) groups is 4. The summed E-state index contributed by atoms with van der Waals surface area (Å²) in [5.41, 5.74) is 11.3. The van der Waals surface area contributed by atoms with Gasteiger partial charge in [-0.2, -0.15) is 10.2 Å². The van der Waals surface area contributed by atoms with Gasteiger partial charge in [0.2, 0.25) is 17.8 Å². The van der Waals surface area contributed by atoms with Crippen molar-refractivity contribution in [1.82, 2.24) is 43.6 Å². The molecule has 0 saturated heterocycles. The average molecular weight is 691 g/mol. The van der Waals surface area contributed by atoms with E-state index >= 15 is 0 Å². The fourth-order valence-electron chi connectivity index (χ4n) is 5.99. The van der Waals surface area contributed by atoms with Crippen LogP contribution in [0.3, 0.4) is 0 Å². The highest BCUT2D eigenvalue weighted by Crippen LogP contribution is 2.26. The number of allylic oxidation sites excluding steroid dienone is 2. The fraction of sp³-hybridized carbons (Fsp3) is 0.286. The number of hydrogen-bond donors (Lipinski definition) is 3. The van der Waals surface area contributed by atoms with E-state index in [2.05, 4.69) is 35.8 Å². The molecule has 0 saturated carbocycles. The van der Waals surface area contributed by atoms with E-state index < -0.39 is 5.91 Å². The lowest BCUT2D eigenvalue weighted by Crippen LogP contribution is -2.20. The molecular formula is C35H38N12O4. The Balaban J connectivity index is 1.34. The first-order valence-electron chi connectivity index (χ1n) is 16.4. The van der Waals surface area contributed by atoms with E-state index in [0.29, 0.717) is 69.2 Å². The Morgan fingerprint density at radius 3 is 1.82 bits per heavy atom. The molecule has 6 aromatic rings. The number of pyridine rings is 1. The Kier molecular flexibility index (Phi) is 9.32. The summed E-state index contributed by atoms with van der Waals surface area (Å²) < 4.78 is 6.80. The summed E-state index contributed by atoms with van der Waals surface area (Å²) in [6.07, 6.45) is 5.24. The molecule has 0 aliphatic rings. The lowest BCUT2D eigenvalue weighted by Gasteiger charge is -2.11. The third-order valence-electron chi connectivity index (χ3n) is 8.37. The molecule has 5 aromatic heterocycles. The summed E-state index contributed by atoms with van der Waals surface area (Å²) in [5.74, 6) is -1.00. The number of nitrogens with one attached hydrogen (secondary N) is 2. The SMILES string of the molecule is CCn1nc(C)cc1C(=O)Nc1nc2cc(C(C)=O)cnc2n1C/C=C/Cn1c(NC(=O)c2cc(C)nn2CC)nc2cc(C(N)=O)cc(C)c21. The number of imidazole rings is 2. The summed E-state index contributed by atoms with van der Waals surface area (Å²) in [6.45, 7) is 12.3. The number of anilines is 2. The van der Waals surface area contributed by atoms with Crippen molar-refractivity contribution in [3.8, 4) is 0 Å². The number of rotatable bonds is 12. The molecular weight excluding hydrogens is 652 g/mol. The second-order valence-corrected chi connectivity index (χ2v) is 12.1. The van der Waals surface area contributed by atoms with Gasteiger partial charge in [0.1, 0.15) is 16.9 Å². The molecule has 0 aliphatic heterocycles. The van der Waals surface area contributed by atoms with Crippen molar-refractivity contribution in [3.05, 3.63) is 88.1 Å². The van der Waals surface area contributed by atoms with E-state index in [1.807, 2.05) is 51.3 Å². The van der Waals surface area contributed by atoms with Crippen LogP contribution in [0.15, 0.2) is 48.7 Å². The molecule has 0 spiro atoms. The van der Waals surface area contributed by atoms with Crippen LogP contribution < -0.4 is 16.4 Å². The first-order valence-corrected chi connectivity index (χ1v) is 16.4. The Morgan fingerprint density at radius 1 is 0.745 bits per heavy atom. The summed E-state index contributed by atoms with van der Waals surface area (Å²) in [7, 11) is 0. The lowest BCUT2D eigenvalue weighted by molar-refractivity contribution is 0.0994. The Morgan fingerprint density at radius 2 is 1.27 bits per heavy atom. The van der Waals surface area contributed by atoms with Crippen LogP contribution in [-0.4, -0.2) is 67.2 Å². The number of nitrogens with zero attached hydrogens (tertiary/aromatic N) is 9. The second kappa shape index (κ2) is 13.8. The topological polar surface area (TPSA) is 203 Å². The first-order chi connectivity index (χ1) is 24.4. The number of amides is 3. The standard InChI is InChI=1S/C35H38N12O4/c1-7-46-27(14-20(4)42-46)32(50)40-34-38-25-16-23(30(36)49)13-19(3)29(25)44(34)11-9-10-12-45-31-26(17-24(18-37-31)22(6)48)39-35(45)41-33(51)28-15-21(5)43-47(28)8-2/h9-10,13-18H,7-8,11-12H2,1-6H3,(H2,36,49)(H,38,40,50)(H,39,41,51)/b10-9+. The molecule has 0 aliphatic carbocycles. The highest BCUT2D eigenvalue weighted by atomic mass is 16.2. The number of Topliss-reactive ketones (excluding diaryl/α,β-unsaturated/α-hetero) is 1. The molecule has 4 N–H and O–H groups in total. The van der Waals surface area contributed by atoms with Crippen molar-refractivity contribution in [2.45, 2.75) is 67.7 Å². The van der Waals surface area contributed by atoms with Crippen molar-refractivity contribution >= 4 is 57.6 Å². The van der Waals surface area contributed by atoms with Gasteiger partial charge < -0.3 is 10.3 Å². The molecule has 0 radical (unpaired) electrons. The molecule has 0 fully saturated rings. The van der Waals surface area contributed by atoms with E-state index in [0.717, 1.165) is 5.56 Å². The van der Waals surface area contributed by atoms with E-state index in [-0.39, 0.29) is 42.6 Å². The summed E-state index contributed by atoms with van der Waals surface area (Å²) in [4.78, 5) is 64.8. The lowest BCUT2D eigenvalue weighted by atomic mass is 10.1. The Bertz CT molecular complexity index is 2390. The number of hydrogen-bond acceptors (Lipinski definition) is 9. The monoisotopic (exact) mass is 690 g/mol. The number of aryl methyl sites for hydroxylation is 5. The summed E-state index contributed by atoms with van der Waals surface area (Å²) in [6, 6.07) is 8.34. The average Bonchev–Trinajstić information content (AvgIpc) is 3.85. The van der Waals surface area contributed by atoms with E-state index in [9.17, 15) is 19.2 Å². The number of ketones is 1. The maximum Gasteiger partial charge on any atom is 0.276 e. The second-order valence-electron chi connectivity index (χ2n) is 12.1. The molecule has 0 atom stereocenters. The predicted molar refractivity (Wildman–Crippen MR) is 191 cm³/mol. The smallest absolute Gasteiger partial charge is 0.276 e. The van der Waals surface area contributed by atoms with Gasteiger partial charge >= 0.3 is 0 Å². The molecule has 0 unspecified atom stereocenters. The van der Waals surface area contributed by atoms with Gasteiger partial charge in [-0.25, -0.2) is 15.0 Å². The van der Waals surface area contributed by atoms with Gasteiger partial charge in [0.25, 0.3) is 11.8 Å². The van der Waals surface area contributed by atoms with Crippen LogP contribution in [0.2, 0.25) is 0 Å². The summed E-state index contributed by atoms with van der Waals surface area (Å²) >= 11 is 0. The van der Waals surface area contributed by atoms with Crippen LogP contribution >= 0.6 is 0 Å². The van der Waals surface area contributed by atoms with Crippen LogP contribution in [-0.2, 0) is 26.2 Å².